The van der Waals surface area contributed by atoms with E-state index in [4.69, 9.17) is 13.6 Å². The highest BCUT2D eigenvalue weighted by molar-refractivity contribution is 6.60. The van der Waals surface area contributed by atoms with Crippen LogP contribution < -0.4 is 0 Å². The van der Waals surface area contributed by atoms with E-state index in [1.54, 1.807) is 0 Å². The Bertz CT molecular complexity index is 340. The molecule has 0 aliphatic heterocycles. The number of rotatable bonds is 10. The summed E-state index contributed by atoms with van der Waals surface area (Å²) >= 11 is 0. The molecule has 0 aliphatic carbocycles. The lowest BCUT2D eigenvalue weighted by Gasteiger charge is -2.21. The largest absolute Gasteiger partial charge is 0.762 e. The summed E-state index contributed by atoms with van der Waals surface area (Å²) < 4.78 is 16.6. The first kappa shape index (κ1) is 19.6. The Morgan fingerprint density at radius 3 is 1.24 bits per heavy atom. The zero-order chi connectivity index (χ0) is 16.3. The van der Waals surface area contributed by atoms with Crippen molar-refractivity contribution < 1.29 is 13.6 Å². The first-order chi connectivity index (χ1) is 9.92. The molecule has 6 nitrogen and oxygen atoms in total. The molecule has 0 amide bonds. The minimum absolute atomic E-state index is 0.286. The molecule has 1 radical (unpaired) electrons. The molecule has 0 bridgehead atoms. The molecule has 0 heterocycles. The van der Waals surface area contributed by atoms with Gasteiger partial charge in [-0.2, -0.15) is 0 Å². The van der Waals surface area contributed by atoms with Crippen LogP contribution in [0.3, 0.4) is 0 Å². The fourth-order valence-electron chi connectivity index (χ4n) is 0.823. The molecule has 7 heteroatoms. The van der Waals surface area contributed by atoms with Crippen LogP contribution in [0.4, 0.5) is 0 Å². The zero-order valence-electron chi connectivity index (χ0n) is 14.1. The van der Waals surface area contributed by atoms with Gasteiger partial charge in [-0.3, -0.25) is 0 Å². The molecule has 0 aromatic carbocycles. The van der Waals surface area contributed by atoms with Gasteiger partial charge in [-0.05, 0) is 47.0 Å². The molecule has 0 spiro atoms. The molecular formula is C14H28N3O3Si. The Morgan fingerprint density at radius 1 is 0.762 bits per heavy atom. The standard InChI is InChI=1S/C14H28N3O3Si/c1-8-12(5)15-18-21(11-4,19-16-13(6)9-2)20-17-14(7)10-3/h4,8-11H2,1-3,5-7H3. The summed E-state index contributed by atoms with van der Waals surface area (Å²) in [6.45, 7) is 15.5. The van der Waals surface area contributed by atoms with E-state index in [-0.39, 0.29) is 6.04 Å². The fraction of sp³-hybridized carbons (Fsp3) is 0.714. The van der Waals surface area contributed by atoms with Crippen LogP contribution in [0.2, 0.25) is 6.04 Å². The van der Waals surface area contributed by atoms with Crippen molar-refractivity contribution >= 4 is 25.9 Å². The molecule has 0 saturated carbocycles. The van der Waals surface area contributed by atoms with Crippen LogP contribution in [-0.2, 0) is 13.6 Å². The molecule has 0 saturated heterocycles. The molecule has 0 N–H and O–H groups in total. The predicted octanol–water partition coefficient (Wildman–Crippen LogP) is 4.17. The summed E-state index contributed by atoms with van der Waals surface area (Å²) in [5.41, 5.74) is 2.54. The number of hydrogen-bond acceptors (Lipinski definition) is 6. The van der Waals surface area contributed by atoms with Crippen LogP contribution in [0.5, 0.6) is 0 Å². The van der Waals surface area contributed by atoms with Crippen LogP contribution in [0.1, 0.15) is 60.8 Å². The Balaban J connectivity index is 5.17. The van der Waals surface area contributed by atoms with Gasteiger partial charge in [-0.15, -0.1) is 15.5 Å². The second-order valence-corrected chi connectivity index (χ2v) is 7.16. The van der Waals surface area contributed by atoms with Gasteiger partial charge in [0.1, 0.15) is 0 Å². The normalized spacial score (nSPS) is 16.4. The minimum Gasteiger partial charge on any atom is -0.373 e. The van der Waals surface area contributed by atoms with Crippen molar-refractivity contribution in [2.24, 2.45) is 15.5 Å². The second kappa shape index (κ2) is 10.4. The van der Waals surface area contributed by atoms with Crippen molar-refractivity contribution in [3.05, 3.63) is 6.92 Å². The molecule has 0 unspecified atom stereocenters. The lowest BCUT2D eigenvalue weighted by atomic mass is 10.3. The molecule has 0 atom stereocenters. The SMILES string of the molecule is [CH2]C[Si](ON=C(C)CC)(ON=C(C)CC)ON=C(C)CC. The molecule has 0 aromatic rings. The number of nitrogens with zero attached hydrogens (tertiary/aromatic N) is 3. The van der Waals surface area contributed by atoms with E-state index in [2.05, 4.69) is 22.4 Å². The van der Waals surface area contributed by atoms with E-state index in [1.165, 1.54) is 0 Å². The van der Waals surface area contributed by atoms with E-state index < -0.39 is 8.80 Å². The summed E-state index contributed by atoms with van der Waals surface area (Å²) in [7, 11) is -3.18. The Kier molecular flexibility index (Phi) is 9.69. The van der Waals surface area contributed by atoms with Crippen LogP contribution >= 0.6 is 0 Å². The van der Waals surface area contributed by atoms with Gasteiger partial charge >= 0.3 is 8.80 Å². The first-order valence-corrected chi connectivity index (χ1v) is 9.30. The van der Waals surface area contributed by atoms with Gasteiger partial charge in [0.2, 0.25) is 0 Å². The Morgan fingerprint density at radius 2 is 1.05 bits per heavy atom. The highest BCUT2D eigenvalue weighted by Gasteiger charge is 2.50. The van der Waals surface area contributed by atoms with Gasteiger partial charge in [-0.1, -0.05) is 20.8 Å². The van der Waals surface area contributed by atoms with Crippen molar-refractivity contribution in [1.29, 1.82) is 0 Å². The van der Waals surface area contributed by atoms with E-state index in [9.17, 15) is 0 Å². The zero-order valence-corrected chi connectivity index (χ0v) is 15.1. The third-order valence-electron chi connectivity index (χ3n) is 2.86. The lowest BCUT2D eigenvalue weighted by molar-refractivity contribution is 0.0681. The van der Waals surface area contributed by atoms with Crippen LogP contribution in [0, 0.1) is 6.92 Å². The summed E-state index contributed by atoms with van der Waals surface area (Å²) in [6.07, 6.45) is 2.36. The van der Waals surface area contributed by atoms with E-state index in [1.807, 2.05) is 41.5 Å². The number of oxime groups is 3. The van der Waals surface area contributed by atoms with Crippen LogP contribution in [-0.4, -0.2) is 25.9 Å². The molecular weight excluding hydrogens is 286 g/mol. The third-order valence-corrected chi connectivity index (χ3v) is 4.58. The van der Waals surface area contributed by atoms with E-state index >= 15 is 0 Å². The average molecular weight is 314 g/mol. The van der Waals surface area contributed by atoms with E-state index in [0.29, 0.717) is 0 Å². The van der Waals surface area contributed by atoms with E-state index in [0.717, 1.165) is 36.4 Å². The van der Waals surface area contributed by atoms with Gasteiger partial charge in [0.25, 0.3) is 0 Å². The quantitative estimate of drug-likeness (QED) is 0.345. The summed E-state index contributed by atoms with van der Waals surface area (Å²) in [5, 5.41) is 12.1. The third kappa shape index (κ3) is 7.84. The van der Waals surface area contributed by atoms with Crippen LogP contribution in [0.15, 0.2) is 15.5 Å². The van der Waals surface area contributed by atoms with Crippen LogP contribution in [0.25, 0.3) is 0 Å². The van der Waals surface area contributed by atoms with Gasteiger partial charge in [-0.25, -0.2) is 0 Å². The van der Waals surface area contributed by atoms with Crippen molar-refractivity contribution in [3.63, 3.8) is 0 Å². The maximum absolute atomic E-state index is 5.53. The van der Waals surface area contributed by atoms with Crippen molar-refractivity contribution in [2.75, 3.05) is 0 Å². The molecule has 0 aromatic heterocycles. The van der Waals surface area contributed by atoms with Crippen molar-refractivity contribution in [2.45, 2.75) is 66.8 Å². The molecule has 21 heavy (non-hydrogen) atoms. The summed E-state index contributed by atoms with van der Waals surface area (Å²) in [4.78, 5) is 0. The molecule has 0 fully saturated rings. The highest BCUT2D eigenvalue weighted by Crippen LogP contribution is 2.18. The average Bonchev–Trinajstić information content (AvgIpc) is 2.53. The first-order valence-electron chi connectivity index (χ1n) is 7.37. The van der Waals surface area contributed by atoms with Gasteiger partial charge in [0.15, 0.2) is 0 Å². The summed E-state index contributed by atoms with van der Waals surface area (Å²) in [5.74, 6) is 0. The fourth-order valence-corrected chi connectivity index (χ4v) is 2.08. The van der Waals surface area contributed by atoms with Gasteiger partial charge < -0.3 is 13.6 Å². The smallest absolute Gasteiger partial charge is 0.373 e. The molecule has 121 valence electrons. The summed E-state index contributed by atoms with van der Waals surface area (Å²) in [6, 6.07) is 0.286. The number of hydrogen-bond donors (Lipinski definition) is 0. The second-order valence-electron chi connectivity index (χ2n) is 4.75. The lowest BCUT2D eigenvalue weighted by Crippen LogP contribution is -2.41. The topological polar surface area (TPSA) is 64.8 Å². The maximum atomic E-state index is 5.53. The highest BCUT2D eigenvalue weighted by atomic mass is 28.4. The van der Waals surface area contributed by atoms with Gasteiger partial charge in [0, 0.05) is 0 Å². The van der Waals surface area contributed by atoms with Gasteiger partial charge in [0.05, 0.1) is 23.2 Å². The Labute approximate surface area is 129 Å². The minimum atomic E-state index is -3.18. The monoisotopic (exact) mass is 314 g/mol. The van der Waals surface area contributed by atoms with Crippen molar-refractivity contribution in [1.82, 2.24) is 0 Å². The maximum Gasteiger partial charge on any atom is 0.762 e. The Hall–Kier alpha value is -1.37. The molecule has 0 rings (SSSR count). The molecule has 0 aliphatic rings. The predicted molar refractivity (Wildman–Crippen MR) is 89.4 cm³/mol. The van der Waals surface area contributed by atoms with Crippen molar-refractivity contribution in [3.8, 4) is 0 Å².